The summed E-state index contributed by atoms with van der Waals surface area (Å²) in [5.74, 6) is 0.801. The number of benzene rings is 1. The molecule has 1 aliphatic rings. The zero-order valence-corrected chi connectivity index (χ0v) is 11.8. The first-order valence-corrected chi connectivity index (χ1v) is 6.86. The highest BCUT2D eigenvalue weighted by Gasteiger charge is 2.28. The molecule has 2 aromatic rings. The van der Waals surface area contributed by atoms with Crippen molar-refractivity contribution < 1.29 is 4.74 Å². The number of hydrogen-bond acceptors (Lipinski definition) is 5. The maximum Gasteiger partial charge on any atom is 0.182 e. The molecule has 1 aliphatic carbocycles. The monoisotopic (exact) mass is 273 g/mol. The van der Waals surface area contributed by atoms with E-state index in [1.807, 2.05) is 29.8 Å². The minimum atomic E-state index is 0.308. The lowest BCUT2D eigenvalue weighted by atomic mass is 10.1. The molecule has 0 bridgehead atoms. The number of ether oxygens (including phenoxy) is 1. The summed E-state index contributed by atoms with van der Waals surface area (Å²) in [6, 6.07) is 6.20. The average Bonchev–Trinajstić information content (AvgIpc) is 3.09. The van der Waals surface area contributed by atoms with Crippen LogP contribution in [0.3, 0.4) is 0 Å². The molecular formula is C14H19N5O. The highest BCUT2D eigenvalue weighted by atomic mass is 16.5. The molecule has 3 rings (SSSR count). The lowest BCUT2D eigenvalue weighted by molar-refractivity contribution is 0.105. The summed E-state index contributed by atoms with van der Waals surface area (Å²) in [5.41, 5.74) is 8.69. The molecule has 1 aromatic carbocycles. The molecule has 1 aromatic heterocycles. The predicted octanol–water partition coefficient (Wildman–Crippen LogP) is 1.97. The van der Waals surface area contributed by atoms with E-state index in [1.54, 1.807) is 7.11 Å². The molecular weight excluding hydrogens is 254 g/mol. The van der Waals surface area contributed by atoms with E-state index in [-0.39, 0.29) is 0 Å². The van der Waals surface area contributed by atoms with Crippen molar-refractivity contribution >= 4 is 5.69 Å². The summed E-state index contributed by atoms with van der Waals surface area (Å²) in [4.78, 5) is 0. The Morgan fingerprint density at radius 3 is 2.90 bits per heavy atom. The Labute approximate surface area is 117 Å². The fourth-order valence-electron chi connectivity index (χ4n) is 2.80. The number of aryl methyl sites for hydroxylation is 1. The van der Waals surface area contributed by atoms with Crippen molar-refractivity contribution in [1.82, 2.24) is 20.2 Å². The van der Waals surface area contributed by atoms with Crippen LogP contribution in [0.25, 0.3) is 11.4 Å². The van der Waals surface area contributed by atoms with E-state index >= 15 is 0 Å². The lowest BCUT2D eigenvalue weighted by Gasteiger charge is -2.13. The first kappa shape index (κ1) is 13.1. The van der Waals surface area contributed by atoms with E-state index in [2.05, 4.69) is 15.5 Å². The van der Waals surface area contributed by atoms with Gasteiger partial charge in [0.1, 0.15) is 0 Å². The Morgan fingerprint density at radius 2 is 2.20 bits per heavy atom. The first-order chi connectivity index (χ1) is 9.69. The van der Waals surface area contributed by atoms with Crippen LogP contribution in [-0.4, -0.2) is 33.4 Å². The van der Waals surface area contributed by atoms with E-state index in [0.29, 0.717) is 12.1 Å². The molecule has 6 nitrogen and oxygen atoms in total. The van der Waals surface area contributed by atoms with Gasteiger partial charge in [-0.2, -0.15) is 0 Å². The molecule has 1 fully saturated rings. The highest BCUT2D eigenvalue weighted by Crippen LogP contribution is 2.33. The number of anilines is 1. The van der Waals surface area contributed by atoms with Crippen LogP contribution < -0.4 is 5.73 Å². The van der Waals surface area contributed by atoms with Crippen LogP contribution in [0.15, 0.2) is 18.2 Å². The van der Waals surface area contributed by atoms with Crippen LogP contribution in [0, 0.1) is 6.92 Å². The van der Waals surface area contributed by atoms with Crippen LogP contribution in [-0.2, 0) is 4.74 Å². The van der Waals surface area contributed by atoms with Crippen molar-refractivity contribution in [3.05, 3.63) is 23.8 Å². The number of methoxy groups -OCH3 is 1. The Morgan fingerprint density at radius 1 is 1.35 bits per heavy atom. The standard InChI is InChI=1S/C14H19N5O/c1-9-7-10(3-6-13(9)15)14-16-17-18-19(14)11-4-5-12(8-11)20-2/h3,6-7,11-12H,4-5,8,15H2,1-2H3. The molecule has 20 heavy (non-hydrogen) atoms. The van der Waals surface area contributed by atoms with Gasteiger partial charge in [0.15, 0.2) is 5.82 Å². The quantitative estimate of drug-likeness (QED) is 0.865. The van der Waals surface area contributed by atoms with Crippen molar-refractivity contribution in [2.45, 2.75) is 38.3 Å². The van der Waals surface area contributed by atoms with Gasteiger partial charge in [0.2, 0.25) is 0 Å². The molecule has 0 saturated heterocycles. The molecule has 0 spiro atoms. The SMILES string of the molecule is COC1CCC(n2nnnc2-c2ccc(N)c(C)c2)C1. The van der Waals surface area contributed by atoms with Gasteiger partial charge in [0, 0.05) is 18.4 Å². The van der Waals surface area contributed by atoms with Crippen LogP contribution in [0.5, 0.6) is 0 Å². The molecule has 2 N–H and O–H groups in total. The van der Waals surface area contributed by atoms with Crippen LogP contribution in [0.2, 0.25) is 0 Å². The summed E-state index contributed by atoms with van der Waals surface area (Å²) in [7, 11) is 1.76. The molecule has 0 amide bonds. The Balaban J connectivity index is 1.92. The largest absolute Gasteiger partial charge is 0.399 e. The lowest BCUT2D eigenvalue weighted by Crippen LogP contribution is -2.11. The van der Waals surface area contributed by atoms with Crippen molar-refractivity contribution in [1.29, 1.82) is 0 Å². The number of aromatic nitrogens is 4. The Bertz CT molecular complexity index is 609. The normalized spacial score (nSPS) is 22.3. The van der Waals surface area contributed by atoms with E-state index in [4.69, 9.17) is 10.5 Å². The Kier molecular flexibility index (Phi) is 3.40. The van der Waals surface area contributed by atoms with Gasteiger partial charge < -0.3 is 10.5 Å². The van der Waals surface area contributed by atoms with Gasteiger partial charge in [-0.1, -0.05) is 0 Å². The van der Waals surface area contributed by atoms with Crippen LogP contribution in [0.4, 0.5) is 5.69 Å². The molecule has 0 aliphatic heterocycles. The van der Waals surface area contributed by atoms with Gasteiger partial charge in [-0.05, 0) is 60.4 Å². The number of tetrazole rings is 1. The van der Waals surface area contributed by atoms with E-state index in [1.165, 1.54) is 0 Å². The van der Waals surface area contributed by atoms with Crippen molar-refractivity contribution in [2.75, 3.05) is 12.8 Å². The highest BCUT2D eigenvalue weighted by molar-refractivity contribution is 5.61. The third-order valence-corrected chi connectivity index (χ3v) is 4.06. The third kappa shape index (κ3) is 2.27. The van der Waals surface area contributed by atoms with Gasteiger partial charge in [-0.15, -0.1) is 5.10 Å². The van der Waals surface area contributed by atoms with Crippen molar-refractivity contribution in [2.24, 2.45) is 0 Å². The molecule has 1 heterocycles. The molecule has 2 atom stereocenters. The van der Waals surface area contributed by atoms with Gasteiger partial charge in [-0.3, -0.25) is 0 Å². The van der Waals surface area contributed by atoms with Gasteiger partial charge in [0.05, 0.1) is 12.1 Å². The van der Waals surface area contributed by atoms with E-state index < -0.39 is 0 Å². The molecule has 106 valence electrons. The van der Waals surface area contributed by atoms with Gasteiger partial charge in [-0.25, -0.2) is 4.68 Å². The molecule has 1 saturated carbocycles. The Hall–Kier alpha value is -1.95. The number of nitrogens with zero attached hydrogens (tertiary/aromatic N) is 4. The topological polar surface area (TPSA) is 78.8 Å². The van der Waals surface area contributed by atoms with E-state index in [0.717, 1.165) is 41.9 Å². The van der Waals surface area contributed by atoms with Crippen LogP contribution in [0.1, 0.15) is 30.9 Å². The zero-order valence-electron chi connectivity index (χ0n) is 11.8. The van der Waals surface area contributed by atoms with Crippen molar-refractivity contribution in [3.8, 4) is 11.4 Å². The van der Waals surface area contributed by atoms with Crippen molar-refractivity contribution in [3.63, 3.8) is 0 Å². The maximum absolute atomic E-state index is 5.86. The minimum Gasteiger partial charge on any atom is -0.399 e. The molecule has 2 unspecified atom stereocenters. The number of nitrogen functional groups attached to an aromatic ring is 1. The number of rotatable bonds is 3. The minimum absolute atomic E-state index is 0.308. The second kappa shape index (κ2) is 5.20. The van der Waals surface area contributed by atoms with Crippen LogP contribution >= 0.6 is 0 Å². The molecule has 0 radical (unpaired) electrons. The summed E-state index contributed by atoms with van der Waals surface area (Å²) >= 11 is 0. The van der Waals surface area contributed by atoms with E-state index in [9.17, 15) is 0 Å². The summed E-state index contributed by atoms with van der Waals surface area (Å²) in [6.45, 7) is 1.99. The molecule has 6 heteroatoms. The zero-order chi connectivity index (χ0) is 14.1. The number of nitrogens with two attached hydrogens (primary N) is 1. The number of hydrogen-bond donors (Lipinski definition) is 1. The summed E-state index contributed by atoms with van der Waals surface area (Å²) in [5, 5.41) is 12.2. The average molecular weight is 273 g/mol. The third-order valence-electron chi connectivity index (χ3n) is 4.06. The van der Waals surface area contributed by atoms with Gasteiger partial charge in [0.25, 0.3) is 0 Å². The fraction of sp³-hybridized carbons (Fsp3) is 0.500. The van der Waals surface area contributed by atoms with Gasteiger partial charge >= 0.3 is 0 Å². The summed E-state index contributed by atoms with van der Waals surface area (Å²) in [6.07, 6.45) is 3.37. The summed E-state index contributed by atoms with van der Waals surface area (Å²) < 4.78 is 7.34. The predicted molar refractivity (Wildman–Crippen MR) is 76.1 cm³/mol. The first-order valence-electron chi connectivity index (χ1n) is 6.86. The second-order valence-electron chi connectivity index (χ2n) is 5.34. The smallest absolute Gasteiger partial charge is 0.182 e. The fourth-order valence-corrected chi connectivity index (χ4v) is 2.80. The maximum atomic E-state index is 5.86. The second-order valence-corrected chi connectivity index (χ2v) is 5.34.